The number of anilines is 1. The molecule has 0 radical (unpaired) electrons. The van der Waals surface area contributed by atoms with Gasteiger partial charge in [0.15, 0.2) is 0 Å². The SMILES string of the molecule is C/C=C(\CC)c1ccc(NC(=O)c2cc(F)c(C3=CCNCC3)c(F)c2)cc1OC.C=CC=C.CC. The summed E-state index contributed by atoms with van der Waals surface area (Å²) in [6.07, 6.45) is 8.45. The van der Waals surface area contributed by atoms with Crippen LogP contribution in [0.5, 0.6) is 5.75 Å². The number of carbonyl (C=O) groups excluding carboxylic acids is 1. The second kappa shape index (κ2) is 16.2. The Kier molecular flexibility index (Phi) is 13.7. The van der Waals surface area contributed by atoms with Gasteiger partial charge in [0.1, 0.15) is 17.4 Å². The third-order valence-electron chi connectivity index (χ3n) is 5.39. The number of halogens is 2. The van der Waals surface area contributed by atoms with E-state index in [1.807, 2.05) is 32.9 Å². The van der Waals surface area contributed by atoms with Gasteiger partial charge in [0.05, 0.1) is 7.11 Å². The van der Waals surface area contributed by atoms with Crippen molar-refractivity contribution in [3.05, 3.63) is 96.1 Å². The monoisotopic (exact) mass is 496 g/mol. The topological polar surface area (TPSA) is 50.4 Å². The number of nitrogens with one attached hydrogen (secondary N) is 2. The predicted molar refractivity (Wildman–Crippen MR) is 148 cm³/mol. The molecule has 1 heterocycles. The first-order valence-electron chi connectivity index (χ1n) is 12.2. The summed E-state index contributed by atoms with van der Waals surface area (Å²) in [5.74, 6) is -1.44. The van der Waals surface area contributed by atoms with Gasteiger partial charge in [0, 0.05) is 35.0 Å². The van der Waals surface area contributed by atoms with Crippen molar-refractivity contribution in [2.45, 2.75) is 40.5 Å². The molecule has 0 bridgehead atoms. The van der Waals surface area contributed by atoms with Crippen LogP contribution in [0.25, 0.3) is 11.1 Å². The van der Waals surface area contributed by atoms with Crippen LogP contribution in [0.2, 0.25) is 0 Å². The number of ether oxygens (including phenoxy) is 1. The standard InChI is InChI=1S/C24H26F2N2O2.C4H6.C2H6/c1-4-15(5-2)19-7-6-18(14-22(19)30-3)28-24(29)17-12-20(25)23(21(26)13-17)16-8-10-27-11-9-16;1-3-4-2;1-2/h4,6-8,12-14,27H,5,9-11H2,1-3H3,(H,28,29);3-4H,1-2H2;1-2H3/b15-4+;;. The first-order chi connectivity index (χ1) is 17.4. The minimum atomic E-state index is -0.734. The molecule has 0 unspecified atom stereocenters. The van der Waals surface area contributed by atoms with Crippen molar-refractivity contribution in [2.24, 2.45) is 0 Å². The normalized spacial score (nSPS) is 12.6. The average molecular weight is 497 g/mol. The van der Waals surface area contributed by atoms with E-state index in [0.717, 1.165) is 29.7 Å². The molecule has 1 amide bonds. The average Bonchev–Trinajstić information content (AvgIpc) is 2.91. The van der Waals surface area contributed by atoms with E-state index in [-0.39, 0.29) is 11.1 Å². The van der Waals surface area contributed by atoms with Crippen LogP contribution >= 0.6 is 0 Å². The molecule has 0 saturated heterocycles. The summed E-state index contributed by atoms with van der Waals surface area (Å²) in [6, 6.07) is 7.47. The highest BCUT2D eigenvalue weighted by Crippen LogP contribution is 2.31. The van der Waals surface area contributed by atoms with Crippen LogP contribution in [0.3, 0.4) is 0 Å². The number of carbonyl (C=O) groups is 1. The van der Waals surface area contributed by atoms with E-state index in [1.165, 1.54) is 0 Å². The first kappa shape index (κ1) is 30.5. The van der Waals surface area contributed by atoms with Gasteiger partial charge in [-0.25, -0.2) is 8.78 Å². The Bertz CT molecular complexity index is 1080. The molecular formula is C30H38F2N2O2. The van der Waals surface area contributed by atoms with Crippen molar-refractivity contribution in [1.29, 1.82) is 0 Å². The second-order valence-corrected chi connectivity index (χ2v) is 7.51. The molecule has 6 heteroatoms. The molecule has 0 saturated carbocycles. The number of methoxy groups -OCH3 is 1. The molecule has 2 aromatic rings. The van der Waals surface area contributed by atoms with Gasteiger partial charge in [0.25, 0.3) is 5.91 Å². The van der Waals surface area contributed by atoms with E-state index in [0.29, 0.717) is 36.5 Å². The van der Waals surface area contributed by atoms with Crippen LogP contribution in [0.4, 0.5) is 14.5 Å². The Morgan fingerprint density at radius 3 is 2.25 bits per heavy atom. The van der Waals surface area contributed by atoms with Crippen LogP contribution in [0.1, 0.15) is 62.0 Å². The molecular weight excluding hydrogens is 458 g/mol. The maximum atomic E-state index is 14.6. The zero-order valence-corrected chi connectivity index (χ0v) is 22.0. The van der Waals surface area contributed by atoms with Crippen molar-refractivity contribution >= 4 is 22.7 Å². The molecule has 0 aromatic heterocycles. The smallest absolute Gasteiger partial charge is 0.255 e. The number of allylic oxidation sites excluding steroid dienone is 4. The molecule has 194 valence electrons. The quantitative estimate of drug-likeness (QED) is 0.385. The highest BCUT2D eigenvalue weighted by atomic mass is 19.1. The fourth-order valence-corrected chi connectivity index (χ4v) is 3.65. The molecule has 3 rings (SSSR count). The van der Waals surface area contributed by atoms with Gasteiger partial charge < -0.3 is 15.4 Å². The van der Waals surface area contributed by atoms with Crippen LogP contribution in [-0.2, 0) is 0 Å². The van der Waals surface area contributed by atoms with E-state index in [2.05, 4.69) is 30.7 Å². The van der Waals surface area contributed by atoms with Crippen LogP contribution in [0.15, 0.2) is 67.8 Å². The van der Waals surface area contributed by atoms with Gasteiger partial charge in [-0.1, -0.05) is 58.2 Å². The summed E-state index contributed by atoms with van der Waals surface area (Å²) in [6.45, 7) is 16.0. The lowest BCUT2D eigenvalue weighted by atomic mass is 9.97. The van der Waals surface area contributed by atoms with Gasteiger partial charge in [-0.3, -0.25) is 4.79 Å². The molecule has 0 fully saturated rings. The molecule has 4 nitrogen and oxygen atoms in total. The summed E-state index contributed by atoms with van der Waals surface area (Å²) >= 11 is 0. The van der Waals surface area contributed by atoms with Crippen molar-refractivity contribution < 1.29 is 18.3 Å². The zero-order valence-electron chi connectivity index (χ0n) is 22.0. The largest absolute Gasteiger partial charge is 0.496 e. The molecule has 0 atom stereocenters. The minimum Gasteiger partial charge on any atom is -0.496 e. The first-order valence-corrected chi connectivity index (χ1v) is 12.2. The zero-order chi connectivity index (χ0) is 27.1. The Labute approximate surface area is 214 Å². The number of benzene rings is 2. The lowest BCUT2D eigenvalue weighted by Gasteiger charge is -2.16. The predicted octanol–water partition coefficient (Wildman–Crippen LogP) is 7.80. The lowest BCUT2D eigenvalue weighted by molar-refractivity contribution is 0.102. The van der Waals surface area contributed by atoms with E-state index in [4.69, 9.17) is 4.74 Å². The fourth-order valence-electron chi connectivity index (χ4n) is 3.65. The molecule has 1 aliphatic rings. The summed E-state index contributed by atoms with van der Waals surface area (Å²) in [5.41, 5.74) is 3.03. The molecule has 2 aromatic carbocycles. The van der Waals surface area contributed by atoms with E-state index in [1.54, 1.807) is 37.5 Å². The third kappa shape index (κ3) is 8.31. The maximum Gasteiger partial charge on any atom is 0.255 e. The van der Waals surface area contributed by atoms with E-state index in [9.17, 15) is 13.6 Å². The van der Waals surface area contributed by atoms with Crippen molar-refractivity contribution in [2.75, 3.05) is 25.5 Å². The second-order valence-electron chi connectivity index (χ2n) is 7.51. The van der Waals surface area contributed by atoms with Gasteiger partial charge >= 0.3 is 0 Å². The molecule has 0 spiro atoms. The minimum absolute atomic E-state index is 0.0579. The van der Waals surface area contributed by atoms with Crippen molar-refractivity contribution in [3.63, 3.8) is 0 Å². The lowest BCUT2D eigenvalue weighted by Crippen LogP contribution is -2.21. The van der Waals surface area contributed by atoms with Gasteiger partial charge in [0.2, 0.25) is 0 Å². The summed E-state index contributed by atoms with van der Waals surface area (Å²) in [5, 5.41) is 5.80. The number of hydrogen-bond donors (Lipinski definition) is 2. The summed E-state index contributed by atoms with van der Waals surface area (Å²) in [4.78, 5) is 12.6. The Balaban J connectivity index is 0.000000982. The van der Waals surface area contributed by atoms with E-state index < -0.39 is 17.5 Å². The summed E-state index contributed by atoms with van der Waals surface area (Å²) < 4.78 is 34.7. The summed E-state index contributed by atoms with van der Waals surface area (Å²) in [7, 11) is 1.56. The third-order valence-corrected chi connectivity index (χ3v) is 5.39. The van der Waals surface area contributed by atoms with Crippen LogP contribution in [0, 0.1) is 11.6 Å². The maximum absolute atomic E-state index is 14.6. The molecule has 36 heavy (non-hydrogen) atoms. The van der Waals surface area contributed by atoms with Crippen molar-refractivity contribution in [1.82, 2.24) is 5.32 Å². The number of amides is 1. The fraction of sp³-hybridized carbons (Fsp3) is 0.300. The van der Waals surface area contributed by atoms with E-state index >= 15 is 0 Å². The van der Waals surface area contributed by atoms with Crippen LogP contribution in [-0.4, -0.2) is 26.1 Å². The van der Waals surface area contributed by atoms with Crippen molar-refractivity contribution in [3.8, 4) is 5.75 Å². The number of hydrogen-bond acceptors (Lipinski definition) is 3. The molecule has 1 aliphatic heterocycles. The van der Waals surface area contributed by atoms with Gasteiger partial charge in [-0.15, -0.1) is 0 Å². The Morgan fingerprint density at radius 2 is 1.78 bits per heavy atom. The van der Waals surface area contributed by atoms with Crippen LogP contribution < -0.4 is 15.4 Å². The number of rotatable bonds is 7. The molecule has 0 aliphatic carbocycles. The highest BCUT2D eigenvalue weighted by molar-refractivity contribution is 6.04. The molecule has 2 N–H and O–H groups in total. The highest BCUT2D eigenvalue weighted by Gasteiger charge is 2.19. The van der Waals surface area contributed by atoms with Gasteiger partial charge in [-0.05, 0) is 61.7 Å². The Hall–Kier alpha value is -3.51. The van der Waals surface area contributed by atoms with Gasteiger partial charge in [-0.2, -0.15) is 0 Å². The Morgan fingerprint density at radius 1 is 1.14 bits per heavy atom.